The summed E-state index contributed by atoms with van der Waals surface area (Å²) < 4.78 is 3.33. The van der Waals surface area contributed by atoms with Gasteiger partial charge >= 0.3 is 0 Å². The third kappa shape index (κ3) is 4.33. The van der Waals surface area contributed by atoms with Gasteiger partial charge in [0, 0.05) is 29.3 Å². The van der Waals surface area contributed by atoms with Crippen molar-refractivity contribution in [2.75, 3.05) is 17.8 Å². The Kier molecular flexibility index (Phi) is 5.55. The van der Waals surface area contributed by atoms with Crippen molar-refractivity contribution in [3.05, 3.63) is 102 Å². The number of aliphatic hydroxyl groups is 1. The number of benzene rings is 3. The lowest BCUT2D eigenvalue weighted by Crippen LogP contribution is -2.64. The minimum atomic E-state index is -0.846. The monoisotopic (exact) mass is 441 g/mol. The van der Waals surface area contributed by atoms with E-state index < -0.39 is 5.60 Å². The number of nitrogens with one attached hydrogen (secondary N) is 1. The number of amides is 1. The largest absolute Gasteiger partial charge is 0.386 e. The highest BCUT2D eigenvalue weighted by molar-refractivity contribution is 8.00. The SMILES string of the molecule is O=C(c1ccc(NSc2cccc3cccnc23)cc1)N1CC(O)(Cc2ccccc2)C1. The number of hydrogen-bond acceptors (Lipinski definition) is 5. The van der Waals surface area contributed by atoms with E-state index in [0.717, 1.165) is 27.0 Å². The van der Waals surface area contributed by atoms with Gasteiger partial charge in [-0.15, -0.1) is 0 Å². The first kappa shape index (κ1) is 20.5. The van der Waals surface area contributed by atoms with E-state index in [0.29, 0.717) is 25.1 Å². The molecule has 0 bridgehead atoms. The maximum atomic E-state index is 12.8. The zero-order valence-electron chi connectivity index (χ0n) is 17.4. The Morgan fingerprint density at radius 2 is 1.72 bits per heavy atom. The molecule has 0 saturated carbocycles. The molecule has 0 unspecified atom stereocenters. The summed E-state index contributed by atoms with van der Waals surface area (Å²) in [6, 6.07) is 27.4. The number of β-amino-alcohol motifs (C(OH)–C–C–N with tert-alkyl or cyclic N) is 1. The van der Waals surface area contributed by atoms with Crippen molar-refractivity contribution < 1.29 is 9.90 Å². The lowest BCUT2D eigenvalue weighted by Gasteiger charge is -2.46. The second kappa shape index (κ2) is 8.65. The summed E-state index contributed by atoms with van der Waals surface area (Å²) in [5.41, 5.74) is 2.72. The van der Waals surface area contributed by atoms with Crippen LogP contribution in [0.1, 0.15) is 15.9 Å². The molecule has 1 amide bonds. The molecule has 5 rings (SSSR count). The average Bonchev–Trinajstić information content (AvgIpc) is 2.81. The van der Waals surface area contributed by atoms with Crippen LogP contribution in [0, 0.1) is 0 Å². The summed E-state index contributed by atoms with van der Waals surface area (Å²) in [5, 5.41) is 11.8. The molecule has 1 saturated heterocycles. The van der Waals surface area contributed by atoms with Gasteiger partial charge in [-0.25, -0.2) is 0 Å². The van der Waals surface area contributed by atoms with Crippen LogP contribution >= 0.6 is 11.9 Å². The van der Waals surface area contributed by atoms with Crippen molar-refractivity contribution >= 4 is 34.4 Å². The van der Waals surface area contributed by atoms with Gasteiger partial charge in [-0.1, -0.05) is 48.5 Å². The van der Waals surface area contributed by atoms with Gasteiger partial charge in [0.25, 0.3) is 5.91 Å². The lowest BCUT2D eigenvalue weighted by atomic mass is 9.86. The fraction of sp³-hybridized carbons (Fsp3) is 0.154. The van der Waals surface area contributed by atoms with Crippen LogP contribution < -0.4 is 4.72 Å². The first-order chi connectivity index (χ1) is 15.6. The second-order valence-corrected chi connectivity index (χ2v) is 9.01. The van der Waals surface area contributed by atoms with Gasteiger partial charge in [0.1, 0.15) is 5.60 Å². The van der Waals surface area contributed by atoms with E-state index in [9.17, 15) is 9.90 Å². The predicted octanol–water partition coefficient (Wildman–Crippen LogP) is 4.78. The quantitative estimate of drug-likeness (QED) is 0.422. The summed E-state index contributed by atoms with van der Waals surface area (Å²) in [6.07, 6.45) is 2.35. The van der Waals surface area contributed by atoms with Crippen LogP contribution in [0.15, 0.2) is 96.0 Å². The topological polar surface area (TPSA) is 65.5 Å². The molecule has 5 nitrogen and oxygen atoms in total. The molecule has 0 radical (unpaired) electrons. The number of anilines is 1. The lowest BCUT2D eigenvalue weighted by molar-refractivity contribution is -0.0799. The normalized spacial score (nSPS) is 14.7. The van der Waals surface area contributed by atoms with Crippen LogP contribution in [-0.4, -0.2) is 39.6 Å². The number of carbonyl (C=O) groups excluding carboxylic acids is 1. The number of likely N-dealkylation sites (tertiary alicyclic amines) is 1. The van der Waals surface area contributed by atoms with Crippen molar-refractivity contribution in [2.24, 2.45) is 0 Å². The van der Waals surface area contributed by atoms with E-state index in [2.05, 4.69) is 9.71 Å². The molecule has 6 heteroatoms. The summed E-state index contributed by atoms with van der Waals surface area (Å²) >= 11 is 1.50. The summed E-state index contributed by atoms with van der Waals surface area (Å²) in [5.74, 6) is -0.0554. The van der Waals surface area contributed by atoms with Gasteiger partial charge in [-0.3, -0.25) is 9.78 Å². The van der Waals surface area contributed by atoms with Crippen molar-refractivity contribution in [3.8, 4) is 0 Å². The molecular weight excluding hydrogens is 418 g/mol. The van der Waals surface area contributed by atoms with Gasteiger partial charge < -0.3 is 14.7 Å². The third-order valence-electron chi connectivity index (χ3n) is 5.64. The summed E-state index contributed by atoms with van der Waals surface area (Å²) in [7, 11) is 0. The molecule has 1 aliphatic rings. The van der Waals surface area contributed by atoms with Crippen molar-refractivity contribution in [3.63, 3.8) is 0 Å². The maximum Gasteiger partial charge on any atom is 0.254 e. The molecule has 1 fully saturated rings. The van der Waals surface area contributed by atoms with Gasteiger partial charge in [0.2, 0.25) is 0 Å². The Morgan fingerprint density at radius 3 is 2.50 bits per heavy atom. The fourth-order valence-corrected chi connectivity index (χ4v) is 4.81. The number of aromatic nitrogens is 1. The van der Waals surface area contributed by atoms with Crippen molar-refractivity contribution in [1.29, 1.82) is 0 Å². The van der Waals surface area contributed by atoms with Crippen molar-refractivity contribution in [2.45, 2.75) is 16.9 Å². The zero-order chi connectivity index (χ0) is 22.0. The summed E-state index contributed by atoms with van der Waals surface area (Å²) in [4.78, 5) is 20.0. The molecule has 32 heavy (non-hydrogen) atoms. The molecular formula is C26H23N3O2S. The molecule has 1 aromatic heterocycles. The van der Waals surface area contributed by atoms with E-state index in [1.807, 2.05) is 84.9 Å². The molecule has 4 aromatic rings. The maximum absolute atomic E-state index is 12.8. The molecule has 2 N–H and O–H groups in total. The molecule has 0 aliphatic carbocycles. The Balaban J connectivity index is 1.18. The molecule has 1 aliphatic heterocycles. The van der Waals surface area contributed by atoms with Crippen LogP contribution in [0.25, 0.3) is 10.9 Å². The number of nitrogens with zero attached hydrogens (tertiary/aromatic N) is 2. The Hall–Kier alpha value is -3.35. The van der Waals surface area contributed by atoms with Gasteiger partial charge in [-0.2, -0.15) is 0 Å². The Morgan fingerprint density at radius 1 is 0.969 bits per heavy atom. The highest BCUT2D eigenvalue weighted by atomic mass is 32.2. The van der Waals surface area contributed by atoms with E-state index >= 15 is 0 Å². The second-order valence-electron chi connectivity index (χ2n) is 8.16. The number of pyridine rings is 1. The average molecular weight is 442 g/mol. The molecule has 2 heterocycles. The van der Waals surface area contributed by atoms with Crippen LogP contribution in [0.2, 0.25) is 0 Å². The first-order valence-electron chi connectivity index (χ1n) is 10.5. The first-order valence-corrected chi connectivity index (χ1v) is 11.3. The molecule has 3 aromatic carbocycles. The minimum Gasteiger partial charge on any atom is -0.386 e. The van der Waals surface area contributed by atoms with Crippen LogP contribution in [-0.2, 0) is 6.42 Å². The Bertz CT molecular complexity index is 1230. The number of hydrogen-bond donors (Lipinski definition) is 2. The fourth-order valence-electron chi connectivity index (χ4n) is 4.03. The highest BCUT2D eigenvalue weighted by Gasteiger charge is 2.43. The molecule has 160 valence electrons. The van der Waals surface area contributed by atoms with Crippen LogP contribution in [0.3, 0.4) is 0 Å². The number of para-hydroxylation sites is 1. The smallest absolute Gasteiger partial charge is 0.254 e. The van der Waals surface area contributed by atoms with E-state index in [4.69, 9.17) is 0 Å². The number of carbonyl (C=O) groups is 1. The summed E-state index contributed by atoms with van der Waals surface area (Å²) in [6.45, 7) is 0.704. The van der Waals surface area contributed by atoms with Gasteiger partial charge in [-0.05, 0) is 53.9 Å². The van der Waals surface area contributed by atoms with Crippen LogP contribution in [0.5, 0.6) is 0 Å². The standard InChI is InChI=1S/C26H23N3O2S/c30-25(29-17-26(31,18-29)16-19-6-2-1-3-7-19)21-11-13-22(14-12-21)28-32-23-10-4-8-20-9-5-15-27-24(20)23/h1-15,28,31H,16-18H2. The van der Waals surface area contributed by atoms with E-state index in [1.54, 1.807) is 11.1 Å². The zero-order valence-corrected chi connectivity index (χ0v) is 18.3. The molecule has 0 atom stereocenters. The third-order valence-corrected chi connectivity index (χ3v) is 6.53. The highest BCUT2D eigenvalue weighted by Crippen LogP contribution is 2.29. The van der Waals surface area contributed by atoms with Crippen LogP contribution in [0.4, 0.5) is 5.69 Å². The number of fused-ring (bicyclic) bond motifs is 1. The molecule has 0 spiro atoms. The van der Waals surface area contributed by atoms with E-state index in [-0.39, 0.29) is 5.91 Å². The van der Waals surface area contributed by atoms with E-state index in [1.165, 1.54) is 11.9 Å². The van der Waals surface area contributed by atoms with Crippen molar-refractivity contribution in [1.82, 2.24) is 9.88 Å². The predicted molar refractivity (Wildman–Crippen MR) is 129 cm³/mol. The Labute approximate surface area is 191 Å². The number of rotatable bonds is 6. The van der Waals surface area contributed by atoms with Gasteiger partial charge in [0.15, 0.2) is 0 Å². The minimum absolute atomic E-state index is 0.0554. The van der Waals surface area contributed by atoms with Gasteiger partial charge in [0.05, 0.1) is 23.5 Å².